The van der Waals surface area contributed by atoms with Gasteiger partial charge in [0.2, 0.25) is 0 Å². The molecule has 1 aromatic rings. The predicted molar refractivity (Wildman–Crippen MR) is 83.5 cm³/mol. The minimum atomic E-state index is -0.101. The number of anilines is 1. The zero-order chi connectivity index (χ0) is 14.5. The van der Waals surface area contributed by atoms with Gasteiger partial charge < -0.3 is 10.6 Å². The molecule has 0 aromatic carbocycles. The number of carbonyl (C=O) groups is 1. The van der Waals surface area contributed by atoms with E-state index < -0.39 is 0 Å². The van der Waals surface area contributed by atoms with Crippen molar-refractivity contribution in [3.8, 4) is 0 Å². The minimum Gasteiger partial charge on any atom is -0.385 e. The van der Waals surface area contributed by atoms with Crippen LogP contribution in [0, 0.1) is 0 Å². The molecular weight excluding hydrogens is 272 g/mol. The number of hydrogen-bond donors (Lipinski definition) is 2. The fourth-order valence-electron chi connectivity index (χ4n) is 2.13. The minimum absolute atomic E-state index is 0.101. The van der Waals surface area contributed by atoms with Crippen molar-refractivity contribution in [3.63, 3.8) is 0 Å². The van der Waals surface area contributed by atoms with Gasteiger partial charge in [-0.1, -0.05) is 13.8 Å². The van der Waals surface area contributed by atoms with Crippen molar-refractivity contribution in [2.75, 3.05) is 23.9 Å². The van der Waals surface area contributed by atoms with Gasteiger partial charge in [0.1, 0.15) is 5.82 Å². The quantitative estimate of drug-likeness (QED) is 0.891. The Hall–Kier alpha value is -1.30. The van der Waals surface area contributed by atoms with Crippen molar-refractivity contribution in [2.45, 2.75) is 38.6 Å². The van der Waals surface area contributed by atoms with Crippen LogP contribution >= 0.6 is 11.8 Å². The molecule has 1 aliphatic rings. The summed E-state index contributed by atoms with van der Waals surface area (Å²) in [5.74, 6) is 3.04. The molecule has 1 amide bonds. The Bertz CT molecular complexity index is 472. The van der Waals surface area contributed by atoms with Crippen LogP contribution in [0.3, 0.4) is 0 Å². The molecule has 1 aliphatic heterocycles. The van der Waals surface area contributed by atoms with Crippen molar-refractivity contribution in [1.82, 2.24) is 15.3 Å². The number of carbonyl (C=O) groups excluding carboxylic acids is 1. The predicted octanol–water partition coefficient (Wildman–Crippen LogP) is 2.27. The number of nitrogens with one attached hydrogen (secondary N) is 2. The van der Waals surface area contributed by atoms with Gasteiger partial charge in [-0.05, 0) is 24.3 Å². The largest absolute Gasteiger partial charge is 0.385 e. The van der Waals surface area contributed by atoms with Crippen molar-refractivity contribution < 1.29 is 4.79 Å². The number of nitrogens with zero attached hydrogens (tertiary/aromatic N) is 2. The topological polar surface area (TPSA) is 66.9 Å². The molecule has 1 aromatic heterocycles. The van der Waals surface area contributed by atoms with Crippen LogP contribution in [0.15, 0.2) is 6.20 Å². The summed E-state index contributed by atoms with van der Waals surface area (Å²) in [7, 11) is 1.78. The maximum absolute atomic E-state index is 12.4. The summed E-state index contributed by atoms with van der Waals surface area (Å²) in [5, 5.41) is 6.08. The van der Waals surface area contributed by atoms with Gasteiger partial charge >= 0.3 is 0 Å². The van der Waals surface area contributed by atoms with Crippen LogP contribution in [-0.2, 0) is 0 Å². The van der Waals surface area contributed by atoms with Crippen molar-refractivity contribution in [1.29, 1.82) is 0 Å². The molecule has 0 bridgehead atoms. The number of rotatable bonds is 4. The van der Waals surface area contributed by atoms with E-state index in [0.29, 0.717) is 17.2 Å². The van der Waals surface area contributed by atoms with E-state index in [9.17, 15) is 4.79 Å². The van der Waals surface area contributed by atoms with Crippen LogP contribution in [0.4, 0.5) is 5.69 Å². The highest BCUT2D eigenvalue weighted by molar-refractivity contribution is 7.99. The van der Waals surface area contributed by atoms with Crippen LogP contribution in [0.2, 0.25) is 0 Å². The average molecular weight is 294 g/mol. The van der Waals surface area contributed by atoms with Gasteiger partial charge in [0, 0.05) is 19.0 Å². The molecule has 0 radical (unpaired) electrons. The van der Waals surface area contributed by atoms with E-state index in [1.165, 1.54) is 0 Å². The molecule has 0 atom stereocenters. The smallest absolute Gasteiger partial charge is 0.272 e. The molecule has 0 unspecified atom stereocenters. The summed E-state index contributed by atoms with van der Waals surface area (Å²) in [6, 6.07) is 0.269. The number of aromatic nitrogens is 2. The molecule has 2 heterocycles. The fourth-order valence-corrected chi connectivity index (χ4v) is 3.23. The van der Waals surface area contributed by atoms with Gasteiger partial charge in [-0.2, -0.15) is 11.8 Å². The highest BCUT2D eigenvalue weighted by Crippen LogP contribution is 2.19. The van der Waals surface area contributed by atoms with Crippen molar-refractivity contribution >= 4 is 23.4 Å². The summed E-state index contributed by atoms with van der Waals surface area (Å²) in [6.07, 6.45) is 3.76. The van der Waals surface area contributed by atoms with Crippen LogP contribution in [-0.4, -0.2) is 40.5 Å². The maximum Gasteiger partial charge on any atom is 0.272 e. The molecule has 110 valence electrons. The molecule has 1 saturated heterocycles. The van der Waals surface area contributed by atoms with E-state index in [2.05, 4.69) is 20.6 Å². The lowest BCUT2D eigenvalue weighted by molar-refractivity contribution is 0.0930. The fraction of sp³-hybridized carbons (Fsp3) is 0.643. The molecule has 0 aliphatic carbocycles. The van der Waals surface area contributed by atoms with Crippen LogP contribution in [0.25, 0.3) is 0 Å². The summed E-state index contributed by atoms with van der Waals surface area (Å²) in [6.45, 7) is 4.04. The van der Waals surface area contributed by atoms with Crippen molar-refractivity contribution in [3.05, 3.63) is 17.7 Å². The van der Waals surface area contributed by atoms with Crippen LogP contribution < -0.4 is 10.6 Å². The van der Waals surface area contributed by atoms with Gasteiger partial charge in [0.25, 0.3) is 5.91 Å². The van der Waals surface area contributed by atoms with Gasteiger partial charge in [0.05, 0.1) is 11.9 Å². The van der Waals surface area contributed by atoms with Crippen LogP contribution in [0.1, 0.15) is 48.9 Å². The SMILES string of the molecule is CNc1cnc(C(C)C)nc1C(=O)NC1CCSCC1. The first kappa shape index (κ1) is 15.1. The molecule has 2 N–H and O–H groups in total. The van der Waals surface area contributed by atoms with Gasteiger partial charge in [0.15, 0.2) is 5.69 Å². The highest BCUT2D eigenvalue weighted by atomic mass is 32.2. The summed E-state index contributed by atoms with van der Waals surface area (Å²) in [4.78, 5) is 21.1. The van der Waals surface area contributed by atoms with E-state index in [0.717, 1.165) is 24.3 Å². The second-order valence-electron chi connectivity index (χ2n) is 5.26. The van der Waals surface area contributed by atoms with E-state index in [1.807, 2.05) is 25.6 Å². The first-order valence-electron chi connectivity index (χ1n) is 7.05. The van der Waals surface area contributed by atoms with E-state index in [4.69, 9.17) is 0 Å². The monoisotopic (exact) mass is 294 g/mol. The number of amides is 1. The summed E-state index contributed by atoms with van der Waals surface area (Å²) in [5.41, 5.74) is 1.13. The van der Waals surface area contributed by atoms with Crippen molar-refractivity contribution in [2.24, 2.45) is 0 Å². The van der Waals surface area contributed by atoms with E-state index in [-0.39, 0.29) is 17.9 Å². The molecule has 5 nitrogen and oxygen atoms in total. The Morgan fingerprint density at radius 2 is 2.10 bits per heavy atom. The zero-order valence-electron chi connectivity index (χ0n) is 12.3. The average Bonchev–Trinajstić information content (AvgIpc) is 2.47. The Balaban J connectivity index is 2.16. The Morgan fingerprint density at radius 1 is 1.40 bits per heavy atom. The third-order valence-electron chi connectivity index (χ3n) is 3.36. The molecule has 0 spiro atoms. The molecular formula is C14H22N4OS. The first-order chi connectivity index (χ1) is 9.61. The molecule has 20 heavy (non-hydrogen) atoms. The second-order valence-corrected chi connectivity index (χ2v) is 6.48. The highest BCUT2D eigenvalue weighted by Gasteiger charge is 2.20. The molecule has 2 rings (SSSR count). The lowest BCUT2D eigenvalue weighted by atomic mass is 10.1. The Kier molecular flexibility index (Phi) is 5.23. The van der Waals surface area contributed by atoms with Crippen LogP contribution in [0.5, 0.6) is 0 Å². The van der Waals surface area contributed by atoms with E-state index >= 15 is 0 Å². The molecule has 0 saturated carbocycles. The normalized spacial score (nSPS) is 16.2. The van der Waals surface area contributed by atoms with E-state index in [1.54, 1.807) is 13.2 Å². The lowest BCUT2D eigenvalue weighted by Gasteiger charge is -2.22. The van der Waals surface area contributed by atoms with Gasteiger partial charge in [-0.25, -0.2) is 9.97 Å². The maximum atomic E-state index is 12.4. The molecule has 1 fully saturated rings. The lowest BCUT2D eigenvalue weighted by Crippen LogP contribution is -2.38. The Labute approximate surface area is 124 Å². The first-order valence-corrected chi connectivity index (χ1v) is 8.20. The number of thioether (sulfide) groups is 1. The van der Waals surface area contributed by atoms with Gasteiger partial charge in [-0.15, -0.1) is 0 Å². The summed E-state index contributed by atoms with van der Waals surface area (Å²) < 4.78 is 0. The zero-order valence-corrected chi connectivity index (χ0v) is 13.1. The molecule has 6 heteroatoms. The number of hydrogen-bond acceptors (Lipinski definition) is 5. The van der Waals surface area contributed by atoms with Gasteiger partial charge in [-0.3, -0.25) is 4.79 Å². The third kappa shape index (κ3) is 3.62. The second kappa shape index (κ2) is 6.92. The standard InChI is InChI=1S/C14H22N4OS/c1-9(2)13-16-8-11(15-3)12(18-13)14(19)17-10-4-6-20-7-5-10/h8-10,15H,4-7H2,1-3H3,(H,17,19). The third-order valence-corrected chi connectivity index (χ3v) is 4.41. The Morgan fingerprint density at radius 3 is 2.70 bits per heavy atom. The summed E-state index contributed by atoms with van der Waals surface area (Å²) >= 11 is 1.95.